The first-order chi connectivity index (χ1) is 8.93. The molecule has 0 aromatic carbocycles. The van der Waals surface area contributed by atoms with Gasteiger partial charge in [0.15, 0.2) is 5.82 Å². The van der Waals surface area contributed by atoms with Crippen molar-refractivity contribution in [2.45, 2.75) is 50.6 Å². The summed E-state index contributed by atoms with van der Waals surface area (Å²) in [6, 6.07) is 5.40. The summed E-state index contributed by atoms with van der Waals surface area (Å²) in [6.07, 6.45) is 9.80. The Balaban J connectivity index is 1.57. The molecule has 0 radical (unpaired) electrons. The van der Waals surface area contributed by atoms with Crippen LogP contribution in [0, 0.1) is 0 Å². The molecule has 0 spiro atoms. The smallest absolute Gasteiger partial charge is 0.151 e. The SMILES string of the molecule is c1cnnc(N2CCC[C@@H]2CNC2CCCC2)c1. The lowest BCUT2D eigenvalue weighted by atomic mass is 10.2. The van der Waals surface area contributed by atoms with E-state index in [2.05, 4.69) is 26.5 Å². The van der Waals surface area contributed by atoms with Crippen LogP contribution in [0.4, 0.5) is 5.82 Å². The van der Waals surface area contributed by atoms with Gasteiger partial charge in [0.25, 0.3) is 0 Å². The second-order valence-electron chi connectivity index (χ2n) is 5.46. The number of nitrogens with zero attached hydrogens (tertiary/aromatic N) is 3. The topological polar surface area (TPSA) is 41.1 Å². The second-order valence-corrected chi connectivity index (χ2v) is 5.46. The fraction of sp³-hybridized carbons (Fsp3) is 0.714. The average molecular weight is 246 g/mol. The lowest BCUT2D eigenvalue weighted by Crippen LogP contribution is -2.41. The van der Waals surface area contributed by atoms with E-state index in [0.717, 1.165) is 24.9 Å². The summed E-state index contributed by atoms with van der Waals surface area (Å²) in [7, 11) is 0. The molecule has 1 aromatic rings. The molecule has 18 heavy (non-hydrogen) atoms. The third kappa shape index (κ3) is 2.64. The molecule has 1 N–H and O–H groups in total. The van der Waals surface area contributed by atoms with Crippen LogP contribution in [0.3, 0.4) is 0 Å². The molecule has 3 rings (SSSR count). The zero-order chi connectivity index (χ0) is 12.2. The van der Waals surface area contributed by atoms with E-state index in [9.17, 15) is 0 Å². The van der Waals surface area contributed by atoms with Crippen molar-refractivity contribution < 1.29 is 0 Å². The van der Waals surface area contributed by atoms with Gasteiger partial charge in [0.05, 0.1) is 0 Å². The summed E-state index contributed by atoms with van der Waals surface area (Å²) in [6.45, 7) is 2.22. The van der Waals surface area contributed by atoms with Crippen molar-refractivity contribution in [1.82, 2.24) is 15.5 Å². The van der Waals surface area contributed by atoms with Gasteiger partial charge in [0.1, 0.15) is 0 Å². The molecule has 0 unspecified atom stereocenters. The molecule has 2 fully saturated rings. The maximum Gasteiger partial charge on any atom is 0.151 e. The molecule has 4 heteroatoms. The lowest BCUT2D eigenvalue weighted by Gasteiger charge is -2.26. The van der Waals surface area contributed by atoms with E-state index < -0.39 is 0 Å². The van der Waals surface area contributed by atoms with Crippen LogP contribution < -0.4 is 10.2 Å². The second kappa shape index (κ2) is 5.65. The molecule has 2 heterocycles. The summed E-state index contributed by atoms with van der Waals surface area (Å²) in [5.74, 6) is 1.04. The van der Waals surface area contributed by atoms with E-state index >= 15 is 0 Å². The molecule has 0 bridgehead atoms. The van der Waals surface area contributed by atoms with Crippen LogP contribution in [0.25, 0.3) is 0 Å². The van der Waals surface area contributed by atoms with Crippen molar-refractivity contribution in [2.75, 3.05) is 18.0 Å². The Morgan fingerprint density at radius 1 is 1.22 bits per heavy atom. The minimum atomic E-state index is 0.599. The fourth-order valence-corrected chi connectivity index (χ4v) is 3.23. The van der Waals surface area contributed by atoms with Gasteiger partial charge in [0.2, 0.25) is 0 Å². The van der Waals surface area contributed by atoms with Crippen LogP contribution >= 0.6 is 0 Å². The van der Waals surface area contributed by atoms with Gasteiger partial charge in [-0.15, -0.1) is 5.10 Å². The Labute approximate surface area is 109 Å². The number of hydrogen-bond acceptors (Lipinski definition) is 4. The van der Waals surface area contributed by atoms with Gasteiger partial charge in [-0.3, -0.25) is 0 Å². The number of aromatic nitrogens is 2. The molecular weight excluding hydrogens is 224 g/mol. The van der Waals surface area contributed by atoms with E-state index in [1.165, 1.54) is 38.5 Å². The van der Waals surface area contributed by atoms with Gasteiger partial charge in [-0.05, 0) is 37.8 Å². The van der Waals surface area contributed by atoms with Gasteiger partial charge in [-0.1, -0.05) is 12.8 Å². The Morgan fingerprint density at radius 2 is 2.11 bits per heavy atom. The molecule has 0 amide bonds. The first kappa shape index (κ1) is 11.9. The largest absolute Gasteiger partial charge is 0.351 e. The van der Waals surface area contributed by atoms with Crippen LogP contribution in [0.2, 0.25) is 0 Å². The number of anilines is 1. The fourth-order valence-electron chi connectivity index (χ4n) is 3.23. The van der Waals surface area contributed by atoms with Gasteiger partial charge in [0, 0.05) is 31.4 Å². The summed E-state index contributed by atoms with van der Waals surface area (Å²) < 4.78 is 0. The highest BCUT2D eigenvalue weighted by Gasteiger charge is 2.26. The highest BCUT2D eigenvalue weighted by molar-refractivity contribution is 5.39. The minimum absolute atomic E-state index is 0.599. The van der Waals surface area contributed by atoms with Gasteiger partial charge >= 0.3 is 0 Å². The molecule has 1 aliphatic heterocycles. The van der Waals surface area contributed by atoms with Gasteiger partial charge in [-0.2, -0.15) is 5.10 Å². The molecule has 1 aliphatic carbocycles. The minimum Gasteiger partial charge on any atom is -0.351 e. The molecule has 1 aromatic heterocycles. The Kier molecular flexibility index (Phi) is 3.74. The van der Waals surface area contributed by atoms with E-state index in [1.807, 2.05) is 6.07 Å². The predicted octanol–water partition coefficient (Wildman–Crippen LogP) is 1.98. The Bertz CT molecular complexity index is 361. The van der Waals surface area contributed by atoms with Crippen LogP contribution in [-0.4, -0.2) is 35.4 Å². The molecular formula is C14H22N4. The van der Waals surface area contributed by atoms with Crippen LogP contribution in [-0.2, 0) is 0 Å². The molecule has 1 atom stereocenters. The van der Waals surface area contributed by atoms with Crippen molar-refractivity contribution in [1.29, 1.82) is 0 Å². The van der Waals surface area contributed by atoms with Crippen molar-refractivity contribution in [3.05, 3.63) is 18.3 Å². The molecule has 98 valence electrons. The van der Waals surface area contributed by atoms with Gasteiger partial charge < -0.3 is 10.2 Å². The van der Waals surface area contributed by atoms with Crippen molar-refractivity contribution >= 4 is 5.82 Å². The monoisotopic (exact) mass is 246 g/mol. The van der Waals surface area contributed by atoms with Crippen molar-refractivity contribution in [2.24, 2.45) is 0 Å². The third-order valence-electron chi connectivity index (χ3n) is 4.23. The van der Waals surface area contributed by atoms with Gasteiger partial charge in [-0.25, -0.2) is 0 Å². The highest BCUT2D eigenvalue weighted by atomic mass is 15.3. The zero-order valence-electron chi connectivity index (χ0n) is 10.9. The normalized spacial score (nSPS) is 24.9. The molecule has 2 aliphatic rings. The number of rotatable bonds is 4. The predicted molar refractivity (Wildman–Crippen MR) is 72.7 cm³/mol. The zero-order valence-corrected chi connectivity index (χ0v) is 10.9. The molecule has 4 nitrogen and oxygen atoms in total. The summed E-state index contributed by atoms with van der Waals surface area (Å²) in [5, 5.41) is 12.0. The van der Waals surface area contributed by atoms with Crippen molar-refractivity contribution in [3.8, 4) is 0 Å². The quantitative estimate of drug-likeness (QED) is 0.882. The van der Waals surface area contributed by atoms with Crippen LogP contribution in [0.5, 0.6) is 0 Å². The van der Waals surface area contributed by atoms with Crippen LogP contribution in [0.1, 0.15) is 38.5 Å². The van der Waals surface area contributed by atoms with E-state index in [1.54, 1.807) is 6.20 Å². The summed E-state index contributed by atoms with van der Waals surface area (Å²) >= 11 is 0. The van der Waals surface area contributed by atoms with Crippen LogP contribution in [0.15, 0.2) is 18.3 Å². The Morgan fingerprint density at radius 3 is 2.89 bits per heavy atom. The van der Waals surface area contributed by atoms with E-state index in [4.69, 9.17) is 0 Å². The first-order valence-corrected chi connectivity index (χ1v) is 7.21. The Hall–Kier alpha value is -1.16. The maximum absolute atomic E-state index is 4.24. The molecule has 1 saturated carbocycles. The third-order valence-corrected chi connectivity index (χ3v) is 4.23. The average Bonchev–Trinajstić information content (AvgIpc) is 3.09. The standard InChI is InChI=1S/C14H22N4/c1-2-6-12(5-1)15-11-13-7-4-10-18(13)14-8-3-9-16-17-14/h3,8-9,12-13,15H,1-2,4-7,10-11H2/t13-/m1/s1. The summed E-state index contributed by atoms with van der Waals surface area (Å²) in [5.41, 5.74) is 0. The van der Waals surface area contributed by atoms with Crippen molar-refractivity contribution in [3.63, 3.8) is 0 Å². The van der Waals surface area contributed by atoms with E-state index in [-0.39, 0.29) is 0 Å². The highest BCUT2D eigenvalue weighted by Crippen LogP contribution is 2.23. The first-order valence-electron chi connectivity index (χ1n) is 7.21. The summed E-state index contributed by atoms with van der Waals surface area (Å²) in [4.78, 5) is 2.41. The molecule has 1 saturated heterocycles. The number of nitrogens with one attached hydrogen (secondary N) is 1. The lowest BCUT2D eigenvalue weighted by molar-refractivity contribution is 0.483. The van der Waals surface area contributed by atoms with E-state index in [0.29, 0.717) is 6.04 Å². The number of hydrogen-bond donors (Lipinski definition) is 1. The maximum atomic E-state index is 4.24.